The first-order chi connectivity index (χ1) is 9.38. The first kappa shape index (κ1) is 14.2. The summed E-state index contributed by atoms with van der Waals surface area (Å²) in [5.41, 5.74) is 4.76. The molecule has 0 spiro atoms. The van der Waals surface area contributed by atoms with E-state index in [0.717, 1.165) is 18.2 Å². The van der Waals surface area contributed by atoms with E-state index in [1.165, 1.54) is 6.07 Å². The molecule has 0 unspecified atom stereocenters. The van der Waals surface area contributed by atoms with Gasteiger partial charge in [0.1, 0.15) is 11.6 Å². The number of benzene rings is 2. The van der Waals surface area contributed by atoms with Crippen LogP contribution in [0.2, 0.25) is 5.02 Å². The molecule has 2 aromatic rings. The van der Waals surface area contributed by atoms with Crippen molar-refractivity contribution in [2.45, 2.75) is 0 Å². The molecule has 0 fully saturated rings. The van der Waals surface area contributed by atoms with Crippen molar-refractivity contribution in [3.05, 3.63) is 58.4 Å². The van der Waals surface area contributed by atoms with Gasteiger partial charge in [0.2, 0.25) is 0 Å². The molecule has 0 atom stereocenters. The van der Waals surface area contributed by atoms with Gasteiger partial charge in [-0.3, -0.25) is 4.79 Å². The highest BCUT2D eigenvalue weighted by molar-refractivity contribution is 6.34. The van der Waals surface area contributed by atoms with Crippen LogP contribution in [0.5, 0.6) is 0 Å². The summed E-state index contributed by atoms with van der Waals surface area (Å²) in [5.74, 6) is -3.30. The van der Waals surface area contributed by atoms with Crippen molar-refractivity contribution in [1.82, 2.24) is 0 Å². The standard InChI is InChI=1S/C13H8ClF3N2O/c14-8-4-7(15)5-10(17)12(8)19-13(20)6-1-2-9(16)11(18)3-6/h1-5H,18H2,(H,19,20). The zero-order valence-corrected chi connectivity index (χ0v) is 10.6. The largest absolute Gasteiger partial charge is 0.396 e. The molecule has 3 N–H and O–H groups in total. The fraction of sp³-hybridized carbons (Fsp3) is 0. The van der Waals surface area contributed by atoms with Gasteiger partial charge in [0.05, 0.1) is 16.4 Å². The van der Waals surface area contributed by atoms with Gasteiger partial charge in [0.25, 0.3) is 5.91 Å². The molecule has 104 valence electrons. The number of hydrogen-bond donors (Lipinski definition) is 2. The number of rotatable bonds is 2. The first-order valence-electron chi connectivity index (χ1n) is 5.39. The molecule has 0 radical (unpaired) electrons. The van der Waals surface area contributed by atoms with Crippen LogP contribution >= 0.6 is 11.6 Å². The summed E-state index contributed by atoms with van der Waals surface area (Å²) in [7, 11) is 0. The minimum Gasteiger partial charge on any atom is -0.396 e. The summed E-state index contributed by atoms with van der Waals surface area (Å²) in [4.78, 5) is 11.9. The number of hydrogen-bond acceptors (Lipinski definition) is 2. The number of nitrogen functional groups attached to an aromatic ring is 1. The molecule has 0 saturated carbocycles. The smallest absolute Gasteiger partial charge is 0.255 e. The van der Waals surface area contributed by atoms with E-state index in [1.807, 2.05) is 0 Å². The Morgan fingerprint density at radius 3 is 2.40 bits per heavy atom. The van der Waals surface area contributed by atoms with Crippen LogP contribution in [0.25, 0.3) is 0 Å². The van der Waals surface area contributed by atoms with Gasteiger partial charge in [0.15, 0.2) is 5.82 Å². The Morgan fingerprint density at radius 2 is 1.80 bits per heavy atom. The van der Waals surface area contributed by atoms with Crippen LogP contribution in [0, 0.1) is 17.5 Å². The van der Waals surface area contributed by atoms with Gasteiger partial charge >= 0.3 is 0 Å². The van der Waals surface area contributed by atoms with Gasteiger partial charge < -0.3 is 11.1 Å². The third kappa shape index (κ3) is 2.85. The van der Waals surface area contributed by atoms with Gasteiger partial charge in [-0.1, -0.05) is 11.6 Å². The second kappa shape index (κ2) is 5.42. The van der Waals surface area contributed by atoms with Gasteiger partial charge in [-0.2, -0.15) is 0 Å². The predicted molar refractivity (Wildman–Crippen MR) is 70.1 cm³/mol. The Balaban J connectivity index is 2.30. The first-order valence-corrected chi connectivity index (χ1v) is 5.77. The lowest BCUT2D eigenvalue weighted by Gasteiger charge is -2.09. The Bertz CT molecular complexity index is 668. The molecule has 2 aromatic carbocycles. The molecule has 0 aliphatic heterocycles. The fourth-order valence-corrected chi connectivity index (χ4v) is 1.77. The molecule has 7 heteroatoms. The summed E-state index contributed by atoms with van der Waals surface area (Å²) >= 11 is 5.64. The van der Waals surface area contributed by atoms with Crippen LogP contribution in [0.15, 0.2) is 30.3 Å². The lowest BCUT2D eigenvalue weighted by atomic mass is 10.1. The Kier molecular flexibility index (Phi) is 3.85. The average molecular weight is 301 g/mol. The average Bonchev–Trinajstić information content (AvgIpc) is 2.36. The van der Waals surface area contributed by atoms with E-state index in [-0.39, 0.29) is 22.0 Å². The summed E-state index contributed by atoms with van der Waals surface area (Å²) in [6, 6.07) is 4.73. The summed E-state index contributed by atoms with van der Waals surface area (Å²) in [6.07, 6.45) is 0. The highest BCUT2D eigenvalue weighted by atomic mass is 35.5. The quantitative estimate of drug-likeness (QED) is 0.833. The molecule has 2 rings (SSSR count). The van der Waals surface area contributed by atoms with Crippen LogP contribution in [-0.2, 0) is 0 Å². The molecule has 0 heterocycles. The maximum absolute atomic E-state index is 13.5. The Labute approximate surface area is 117 Å². The number of carbonyl (C=O) groups is 1. The molecule has 1 amide bonds. The number of nitrogens with two attached hydrogens (primary N) is 1. The van der Waals surface area contributed by atoms with Crippen LogP contribution in [0.1, 0.15) is 10.4 Å². The zero-order valence-electron chi connectivity index (χ0n) is 9.88. The van der Waals surface area contributed by atoms with Crippen molar-refractivity contribution < 1.29 is 18.0 Å². The molecule has 20 heavy (non-hydrogen) atoms. The minimum absolute atomic E-state index is 0.0173. The van der Waals surface area contributed by atoms with E-state index in [1.54, 1.807) is 0 Å². The van der Waals surface area contributed by atoms with Crippen molar-refractivity contribution in [3.8, 4) is 0 Å². The van der Waals surface area contributed by atoms with Crippen molar-refractivity contribution in [2.75, 3.05) is 11.1 Å². The van der Waals surface area contributed by atoms with E-state index in [9.17, 15) is 18.0 Å². The summed E-state index contributed by atoms with van der Waals surface area (Å²) < 4.78 is 39.4. The van der Waals surface area contributed by atoms with Crippen molar-refractivity contribution in [1.29, 1.82) is 0 Å². The van der Waals surface area contributed by atoms with Crippen molar-refractivity contribution in [2.24, 2.45) is 0 Å². The minimum atomic E-state index is -1.02. The molecule has 0 aliphatic rings. The van der Waals surface area contributed by atoms with Crippen molar-refractivity contribution in [3.63, 3.8) is 0 Å². The molecule has 0 aromatic heterocycles. The second-order valence-electron chi connectivity index (χ2n) is 3.93. The molecular formula is C13H8ClF3N2O. The second-order valence-corrected chi connectivity index (χ2v) is 4.34. The van der Waals surface area contributed by atoms with E-state index in [0.29, 0.717) is 6.07 Å². The zero-order chi connectivity index (χ0) is 14.9. The van der Waals surface area contributed by atoms with Crippen LogP contribution < -0.4 is 11.1 Å². The van der Waals surface area contributed by atoms with Crippen LogP contribution in [-0.4, -0.2) is 5.91 Å². The normalized spacial score (nSPS) is 10.4. The van der Waals surface area contributed by atoms with Gasteiger partial charge in [-0.05, 0) is 24.3 Å². The number of anilines is 2. The number of nitrogens with one attached hydrogen (secondary N) is 1. The lowest BCUT2D eigenvalue weighted by Crippen LogP contribution is -2.14. The third-order valence-electron chi connectivity index (χ3n) is 2.50. The molecule has 0 bridgehead atoms. The Hall–Kier alpha value is -2.21. The maximum atomic E-state index is 13.5. The van der Waals surface area contributed by atoms with E-state index >= 15 is 0 Å². The van der Waals surface area contributed by atoms with Crippen LogP contribution in [0.4, 0.5) is 24.5 Å². The molecular weight excluding hydrogens is 293 g/mol. The van der Waals surface area contributed by atoms with E-state index < -0.39 is 23.4 Å². The summed E-state index contributed by atoms with van der Waals surface area (Å²) in [6.45, 7) is 0. The number of halogens is 4. The summed E-state index contributed by atoms with van der Waals surface area (Å²) in [5, 5.41) is 1.89. The molecule has 0 saturated heterocycles. The fourth-order valence-electron chi connectivity index (χ4n) is 1.53. The predicted octanol–water partition coefficient (Wildman–Crippen LogP) is 3.59. The monoisotopic (exact) mass is 300 g/mol. The lowest BCUT2D eigenvalue weighted by molar-refractivity contribution is 0.102. The third-order valence-corrected chi connectivity index (χ3v) is 2.80. The highest BCUT2D eigenvalue weighted by Crippen LogP contribution is 2.27. The topological polar surface area (TPSA) is 55.1 Å². The number of carbonyl (C=O) groups excluding carboxylic acids is 1. The van der Waals surface area contributed by atoms with Crippen LogP contribution in [0.3, 0.4) is 0 Å². The molecule has 3 nitrogen and oxygen atoms in total. The Morgan fingerprint density at radius 1 is 1.10 bits per heavy atom. The maximum Gasteiger partial charge on any atom is 0.255 e. The van der Waals surface area contributed by atoms with E-state index in [2.05, 4.69) is 5.32 Å². The van der Waals surface area contributed by atoms with Gasteiger partial charge in [0, 0.05) is 11.6 Å². The van der Waals surface area contributed by atoms with Gasteiger partial charge in [-0.25, -0.2) is 13.2 Å². The van der Waals surface area contributed by atoms with Gasteiger partial charge in [-0.15, -0.1) is 0 Å². The molecule has 0 aliphatic carbocycles. The number of amides is 1. The SMILES string of the molecule is Nc1cc(C(=O)Nc2c(F)cc(F)cc2Cl)ccc1F. The van der Waals surface area contributed by atoms with Crippen molar-refractivity contribution >= 4 is 28.9 Å². The highest BCUT2D eigenvalue weighted by Gasteiger charge is 2.15. The van der Waals surface area contributed by atoms with E-state index in [4.69, 9.17) is 17.3 Å².